The van der Waals surface area contributed by atoms with Gasteiger partial charge in [0, 0.05) is 56.7 Å². The summed E-state index contributed by atoms with van der Waals surface area (Å²) < 4.78 is 39.4. The van der Waals surface area contributed by atoms with E-state index in [4.69, 9.17) is 14.6 Å². The summed E-state index contributed by atoms with van der Waals surface area (Å²) in [7, 11) is 1.79. The van der Waals surface area contributed by atoms with Crippen molar-refractivity contribution in [2.24, 2.45) is 5.92 Å². The van der Waals surface area contributed by atoms with Crippen LogP contribution in [0, 0.1) is 5.92 Å². The smallest absolute Gasteiger partial charge is 0.475 e. The fourth-order valence-corrected chi connectivity index (χ4v) is 3.72. The molecule has 0 aromatic carbocycles. The van der Waals surface area contributed by atoms with Gasteiger partial charge in [-0.25, -0.2) is 4.79 Å². The van der Waals surface area contributed by atoms with E-state index in [1.54, 1.807) is 7.11 Å². The zero-order chi connectivity index (χ0) is 19.9. The van der Waals surface area contributed by atoms with E-state index >= 15 is 0 Å². The number of ether oxygens (including phenoxy) is 1. The van der Waals surface area contributed by atoms with Gasteiger partial charge in [-0.05, 0) is 35.9 Å². The molecule has 0 aliphatic carbocycles. The van der Waals surface area contributed by atoms with E-state index in [1.165, 1.54) is 10.6 Å². The maximum atomic E-state index is 10.6. The summed E-state index contributed by atoms with van der Waals surface area (Å²) in [4.78, 5) is 12.9. The number of fused-ring (bicyclic) bond motifs is 1. The zero-order valence-corrected chi connectivity index (χ0v) is 15.8. The van der Waals surface area contributed by atoms with E-state index in [2.05, 4.69) is 45.3 Å². The molecule has 0 spiro atoms. The van der Waals surface area contributed by atoms with Gasteiger partial charge in [0.05, 0.1) is 0 Å². The number of aliphatic carboxylic acids is 1. The number of nitrogens with zero attached hydrogens (tertiary/aromatic N) is 2. The van der Waals surface area contributed by atoms with Crippen molar-refractivity contribution in [1.29, 1.82) is 0 Å². The van der Waals surface area contributed by atoms with Crippen LogP contribution in [-0.2, 0) is 29.2 Å². The Kier molecular flexibility index (Phi) is 7.88. The third kappa shape index (κ3) is 7.00. The first-order chi connectivity index (χ1) is 12.8. The highest BCUT2D eigenvalue weighted by Gasteiger charge is 2.38. The minimum Gasteiger partial charge on any atom is -0.475 e. The average molecular weight is 404 g/mol. The number of halogens is 3. The second kappa shape index (κ2) is 9.91. The summed E-state index contributed by atoms with van der Waals surface area (Å²) in [5.41, 5.74) is 1.43. The number of carbonyl (C=O) groups is 1. The monoisotopic (exact) mass is 404 g/mol. The van der Waals surface area contributed by atoms with Crippen molar-refractivity contribution in [3.63, 3.8) is 0 Å². The normalized spacial score (nSPS) is 17.6. The molecule has 0 fully saturated rings. The molecular formula is C18H23F3N2O3S. The summed E-state index contributed by atoms with van der Waals surface area (Å²) in [5.74, 6) is -2.09. The van der Waals surface area contributed by atoms with Gasteiger partial charge in [-0.15, -0.1) is 11.3 Å². The summed E-state index contributed by atoms with van der Waals surface area (Å²) in [6.45, 7) is 5.24. The van der Waals surface area contributed by atoms with Crippen molar-refractivity contribution < 1.29 is 27.8 Å². The van der Waals surface area contributed by atoms with Gasteiger partial charge in [0.2, 0.25) is 0 Å². The zero-order valence-electron chi connectivity index (χ0n) is 15.0. The SMILES string of the molecule is COCCC1CN(Cc2cccs2)Cc2cccn2C1.O=C(O)C(F)(F)F. The van der Waals surface area contributed by atoms with Crippen molar-refractivity contribution >= 4 is 17.3 Å². The second-order valence-electron chi connectivity index (χ2n) is 6.35. The summed E-state index contributed by atoms with van der Waals surface area (Å²) in [6.07, 6.45) is -1.74. The van der Waals surface area contributed by atoms with Gasteiger partial charge in [-0.2, -0.15) is 13.2 Å². The lowest BCUT2D eigenvalue weighted by molar-refractivity contribution is -0.192. The van der Waals surface area contributed by atoms with Crippen molar-refractivity contribution in [2.45, 2.75) is 32.2 Å². The molecule has 0 saturated carbocycles. The molecule has 3 heterocycles. The van der Waals surface area contributed by atoms with Crippen LogP contribution in [-0.4, -0.2) is 47.0 Å². The Morgan fingerprint density at radius 1 is 1.33 bits per heavy atom. The minimum absolute atomic E-state index is 0.670. The first-order valence-corrected chi connectivity index (χ1v) is 9.35. The molecule has 0 saturated heterocycles. The van der Waals surface area contributed by atoms with Gasteiger partial charge in [0.1, 0.15) is 0 Å². The molecule has 1 atom stereocenters. The van der Waals surface area contributed by atoms with Crippen LogP contribution in [0.5, 0.6) is 0 Å². The van der Waals surface area contributed by atoms with Gasteiger partial charge in [-0.1, -0.05) is 6.07 Å². The number of carboxylic acids is 1. The molecule has 1 aliphatic heterocycles. The summed E-state index contributed by atoms with van der Waals surface area (Å²) >= 11 is 1.85. The largest absolute Gasteiger partial charge is 0.490 e. The van der Waals surface area contributed by atoms with E-state index in [-0.39, 0.29) is 0 Å². The number of rotatable bonds is 5. The molecule has 1 unspecified atom stereocenters. The van der Waals surface area contributed by atoms with E-state index < -0.39 is 12.1 Å². The Balaban J connectivity index is 0.000000321. The Morgan fingerprint density at radius 3 is 2.67 bits per heavy atom. The fourth-order valence-electron chi connectivity index (χ4n) is 2.98. The van der Waals surface area contributed by atoms with Crippen molar-refractivity contribution in [2.75, 3.05) is 20.3 Å². The van der Waals surface area contributed by atoms with Crippen LogP contribution in [0.1, 0.15) is 17.0 Å². The van der Waals surface area contributed by atoms with Crippen LogP contribution >= 0.6 is 11.3 Å². The highest BCUT2D eigenvalue weighted by molar-refractivity contribution is 7.09. The van der Waals surface area contributed by atoms with Crippen LogP contribution in [0.3, 0.4) is 0 Å². The number of methoxy groups -OCH3 is 1. The summed E-state index contributed by atoms with van der Waals surface area (Å²) in [5, 5.41) is 9.29. The Hall–Kier alpha value is -1.84. The molecule has 9 heteroatoms. The van der Waals surface area contributed by atoms with Gasteiger partial charge in [0.15, 0.2) is 0 Å². The highest BCUT2D eigenvalue weighted by Crippen LogP contribution is 2.22. The number of hydrogen-bond donors (Lipinski definition) is 1. The highest BCUT2D eigenvalue weighted by atomic mass is 32.1. The van der Waals surface area contributed by atoms with E-state index in [0.717, 1.165) is 39.2 Å². The Bertz CT molecular complexity index is 701. The molecule has 1 N–H and O–H groups in total. The number of carboxylic acid groups (broad SMARTS) is 1. The lowest BCUT2D eigenvalue weighted by Gasteiger charge is -2.23. The number of thiophene rings is 1. The lowest BCUT2D eigenvalue weighted by atomic mass is 10.1. The van der Waals surface area contributed by atoms with Crippen molar-refractivity contribution in [3.05, 3.63) is 46.4 Å². The molecule has 1 aliphatic rings. The van der Waals surface area contributed by atoms with E-state index in [0.29, 0.717) is 5.92 Å². The van der Waals surface area contributed by atoms with Crippen LogP contribution in [0.15, 0.2) is 35.8 Å². The van der Waals surface area contributed by atoms with Crippen LogP contribution < -0.4 is 0 Å². The standard InChI is InChI=1S/C16H22N2OS.C2HF3O2/c1-19-8-6-14-10-17(13-16-5-3-9-20-16)12-15-4-2-7-18(15)11-14;3-2(4,5)1(6)7/h2-5,7,9,14H,6,8,10-13H2,1H3;(H,6,7). The predicted molar refractivity (Wildman–Crippen MR) is 96.5 cm³/mol. The molecule has 3 rings (SSSR count). The fraction of sp³-hybridized carbons (Fsp3) is 0.500. The van der Waals surface area contributed by atoms with Gasteiger partial charge < -0.3 is 14.4 Å². The molecule has 0 radical (unpaired) electrons. The predicted octanol–water partition coefficient (Wildman–Crippen LogP) is 3.85. The molecule has 0 bridgehead atoms. The Labute approximate surface area is 160 Å². The first-order valence-electron chi connectivity index (χ1n) is 8.47. The van der Waals surface area contributed by atoms with Crippen LogP contribution in [0.4, 0.5) is 13.2 Å². The van der Waals surface area contributed by atoms with E-state index in [1.807, 2.05) is 11.3 Å². The number of aromatic nitrogens is 1. The minimum atomic E-state index is -5.08. The molecule has 27 heavy (non-hydrogen) atoms. The average Bonchev–Trinajstić information content (AvgIpc) is 3.22. The first kappa shape index (κ1) is 21.5. The molecular weight excluding hydrogens is 381 g/mol. The van der Waals surface area contributed by atoms with Gasteiger partial charge in [0.25, 0.3) is 0 Å². The van der Waals surface area contributed by atoms with Gasteiger partial charge in [-0.3, -0.25) is 4.90 Å². The van der Waals surface area contributed by atoms with Gasteiger partial charge >= 0.3 is 12.1 Å². The topological polar surface area (TPSA) is 54.7 Å². The van der Waals surface area contributed by atoms with Crippen molar-refractivity contribution in [1.82, 2.24) is 9.47 Å². The second-order valence-corrected chi connectivity index (χ2v) is 7.38. The molecule has 150 valence electrons. The number of alkyl halides is 3. The molecule has 2 aromatic heterocycles. The third-order valence-corrected chi connectivity index (χ3v) is 5.07. The molecule has 2 aromatic rings. The maximum absolute atomic E-state index is 10.6. The van der Waals surface area contributed by atoms with E-state index in [9.17, 15) is 13.2 Å². The quantitative estimate of drug-likeness (QED) is 0.823. The number of hydrogen-bond acceptors (Lipinski definition) is 4. The van der Waals surface area contributed by atoms with Crippen molar-refractivity contribution in [3.8, 4) is 0 Å². The van der Waals surface area contributed by atoms with Crippen LogP contribution in [0.25, 0.3) is 0 Å². The molecule has 0 amide bonds. The Morgan fingerprint density at radius 2 is 2.07 bits per heavy atom. The summed E-state index contributed by atoms with van der Waals surface area (Å²) in [6, 6.07) is 8.79. The molecule has 5 nitrogen and oxygen atoms in total. The maximum Gasteiger partial charge on any atom is 0.490 e. The third-order valence-electron chi connectivity index (χ3n) is 4.21. The lowest BCUT2D eigenvalue weighted by Crippen LogP contribution is -2.27. The van der Waals surface area contributed by atoms with Crippen LogP contribution in [0.2, 0.25) is 0 Å².